The monoisotopic (exact) mass is 322 g/mol. The van der Waals surface area contributed by atoms with Gasteiger partial charge in [0.2, 0.25) is 10.0 Å². The first kappa shape index (κ1) is 17.4. The Morgan fingerprint density at radius 2 is 2.10 bits per heavy atom. The van der Waals surface area contributed by atoms with E-state index < -0.39 is 15.8 Å². The van der Waals surface area contributed by atoms with Gasteiger partial charge in [-0.15, -0.1) is 12.4 Å². The molecule has 1 aliphatic rings. The van der Waals surface area contributed by atoms with Gasteiger partial charge in [0.25, 0.3) is 0 Å². The molecule has 1 fully saturated rings. The Bertz CT molecular complexity index is 594. The van der Waals surface area contributed by atoms with Crippen LogP contribution in [0.25, 0.3) is 0 Å². The average Bonchev–Trinajstić information content (AvgIpc) is 2.77. The van der Waals surface area contributed by atoms with Crippen LogP contribution in [0.1, 0.15) is 18.9 Å². The number of sulfonamides is 1. The fourth-order valence-corrected chi connectivity index (χ4v) is 3.84. The second-order valence-corrected chi connectivity index (χ2v) is 7.45. The summed E-state index contributed by atoms with van der Waals surface area (Å²) in [6.45, 7) is 4.85. The molecule has 1 saturated heterocycles. The Morgan fingerprint density at radius 1 is 1.45 bits per heavy atom. The first-order valence-electron chi connectivity index (χ1n) is 6.25. The van der Waals surface area contributed by atoms with E-state index in [9.17, 15) is 12.8 Å². The molecule has 2 N–H and O–H groups in total. The summed E-state index contributed by atoms with van der Waals surface area (Å²) in [6.07, 6.45) is 0.733. The van der Waals surface area contributed by atoms with Crippen molar-refractivity contribution in [3.63, 3.8) is 0 Å². The molecule has 0 amide bonds. The largest absolute Gasteiger partial charge is 0.330 e. The Labute approximate surface area is 125 Å². The lowest BCUT2D eigenvalue weighted by Gasteiger charge is -2.22. The summed E-state index contributed by atoms with van der Waals surface area (Å²) in [6, 6.07) is 4.02. The van der Waals surface area contributed by atoms with Gasteiger partial charge in [0, 0.05) is 13.1 Å². The lowest BCUT2D eigenvalue weighted by Crippen LogP contribution is -2.34. The van der Waals surface area contributed by atoms with Crippen LogP contribution in [-0.4, -0.2) is 32.4 Å². The van der Waals surface area contributed by atoms with Crippen LogP contribution in [-0.2, 0) is 10.0 Å². The molecule has 1 heterocycles. The predicted octanol–water partition coefficient (Wildman–Crippen LogP) is 1.92. The quantitative estimate of drug-likeness (QED) is 0.924. The predicted molar refractivity (Wildman–Crippen MR) is 78.9 cm³/mol. The topological polar surface area (TPSA) is 63.4 Å². The summed E-state index contributed by atoms with van der Waals surface area (Å²) in [5.74, 6) is -0.498. The number of benzene rings is 1. The molecule has 1 aliphatic heterocycles. The maximum absolute atomic E-state index is 13.5. The fraction of sp³-hybridized carbons (Fsp3) is 0.538. The zero-order valence-corrected chi connectivity index (χ0v) is 13.2. The van der Waals surface area contributed by atoms with Gasteiger partial charge < -0.3 is 5.73 Å². The van der Waals surface area contributed by atoms with E-state index in [4.69, 9.17) is 5.73 Å². The van der Waals surface area contributed by atoms with Gasteiger partial charge >= 0.3 is 0 Å². The smallest absolute Gasteiger partial charge is 0.243 e. The van der Waals surface area contributed by atoms with Crippen molar-refractivity contribution >= 4 is 22.4 Å². The minimum Gasteiger partial charge on any atom is -0.330 e. The standard InChI is InChI=1S/C13H19FN2O2S.ClH/c1-10-3-4-11(7-12(10)14)19(17,18)16-6-5-13(2,8-15)9-16;/h3-4,7H,5-6,8-9,15H2,1-2H3;1H. The van der Waals surface area contributed by atoms with Crippen LogP contribution in [0.15, 0.2) is 23.1 Å². The third-order valence-corrected chi connectivity index (χ3v) is 5.64. The van der Waals surface area contributed by atoms with Gasteiger partial charge in [0.1, 0.15) is 5.82 Å². The Morgan fingerprint density at radius 3 is 2.60 bits per heavy atom. The van der Waals surface area contributed by atoms with E-state index in [0.717, 1.165) is 12.5 Å². The summed E-state index contributed by atoms with van der Waals surface area (Å²) in [7, 11) is -3.62. The molecule has 20 heavy (non-hydrogen) atoms. The summed E-state index contributed by atoms with van der Waals surface area (Å²) in [4.78, 5) is 0.0110. The van der Waals surface area contributed by atoms with Gasteiger partial charge in [-0.3, -0.25) is 0 Å². The minimum absolute atomic E-state index is 0. The van der Waals surface area contributed by atoms with Crippen molar-refractivity contribution in [3.05, 3.63) is 29.6 Å². The maximum Gasteiger partial charge on any atom is 0.243 e. The van der Waals surface area contributed by atoms with E-state index in [2.05, 4.69) is 0 Å². The molecule has 0 radical (unpaired) electrons. The second-order valence-electron chi connectivity index (χ2n) is 5.51. The van der Waals surface area contributed by atoms with E-state index in [0.29, 0.717) is 25.2 Å². The Hall–Kier alpha value is -0.690. The number of aryl methyl sites for hydroxylation is 1. The number of hydrogen-bond acceptors (Lipinski definition) is 3. The highest BCUT2D eigenvalue weighted by Crippen LogP contribution is 2.32. The lowest BCUT2D eigenvalue weighted by molar-refractivity contribution is 0.349. The fourth-order valence-electron chi connectivity index (χ4n) is 2.23. The van der Waals surface area contributed by atoms with E-state index in [-0.39, 0.29) is 22.7 Å². The zero-order valence-electron chi connectivity index (χ0n) is 11.6. The number of rotatable bonds is 3. The first-order chi connectivity index (χ1) is 8.78. The van der Waals surface area contributed by atoms with Crippen molar-refractivity contribution in [2.24, 2.45) is 11.1 Å². The molecular formula is C13H20ClFN2O2S. The lowest BCUT2D eigenvalue weighted by atomic mass is 9.90. The molecule has 0 aliphatic carbocycles. The summed E-state index contributed by atoms with van der Waals surface area (Å²) < 4.78 is 39.7. The van der Waals surface area contributed by atoms with Crippen LogP contribution in [0.2, 0.25) is 0 Å². The summed E-state index contributed by atoms with van der Waals surface area (Å²) in [5, 5.41) is 0. The van der Waals surface area contributed by atoms with Gasteiger partial charge in [-0.25, -0.2) is 12.8 Å². The number of nitrogens with two attached hydrogens (primary N) is 1. The third-order valence-electron chi connectivity index (χ3n) is 3.80. The molecule has 1 unspecified atom stereocenters. The van der Waals surface area contributed by atoms with Crippen molar-refractivity contribution in [3.8, 4) is 0 Å². The maximum atomic E-state index is 13.5. The highest BCUT2D eigenvalue weighted by atomic mass is 35.5. The van der Waals surface area contributed by atoms with Gasteiger partial charge in [-0.1, -0.05) is 13.0 Å². The zero-order chi connectivity index (χ0) is 14.3. The molecule has 2 rings (SSSR count). The Balaban J connectivity index is 0.00000200. The van der Waals surface area contributed by atoms with Gasteiger partial charge in [0.15, 0.2) is 0 Å². The van der Waals surface area contributed by atoms with Crippen molar-refractivity contribution < 1.29 is 12.8 Å². The van der Waals surface area contributed by atoms with Crippen molar-refractivity contribution in [2.75, 3.05) is 19.6 Å². The number of nitrogens with zero attached hydrogens (tertiary/aromatic N) is 1. The van der Waals surface area contributed by atoms with Crippen LogP contribution < -0.4 is 5.73 Å². The van der Waals surface area contributed by atoms with E-state index >= 15 is 0 Å². The van der Waals surface area contributed by atoms with Gasteiger partial charge in [-0.2, -0.15) is 4.31 Å². The van der Waals surface area contributed by atoms with E-state index in [1.807, 2.05) is 6.92 Å². The van der Waals surface area contributed by atoms with E-state index in [1.54, 1.807) is 6.92 Å². The summed E-state index contributed by atoms with van der Waals surface area (Å²) >= 11 is 0. The molecule has 0 saturated carbocycles. The van der Waals surface area contributed by atoms with Crippen LogP contribution >= 0.6 is 12.4 Å². The van der Waals surface area contributed by atoms with Crippen LogP contribution in [0.4, 0.5) is 4.39 Å². The highest BCUT2D eigenvalue weighted by Gasteiger charge is 2.39. The highest BCUT2D eigenvalue weighted by molar-refractivity contribution is 7.89. The molecule has 7 heteroatoms. The van der Waals surface area contributed by atoms with Crippen molar-refractivity contribution in [1.82, 2.24) is 4.31 Å². The average molecular weight is 323 g/mol. The number of halogens is 2. The Kier molecular flexibility index (Phi) is 5.18. The van der Waals surface area contributed by atoms with Crippen molar-refractivity contribution in [2.45, 2.75) is 25.2 Å². The molecule has 1 atom stereocenters. The molecular weight excluding hydrogens is 303 g/mol. The van der Waals surface area contributed by atoms with Gasteiger partial charge in [-0.05, 0) is 43.0 Å². The third kappa shape index (κ3) is 3.14. The van der Waals surface area contributed by atoms with Gasteiger partial charge in [0.05, 0.1) is 4.90 Å². The van der Waals surface area contributed by atoms with E-state index in [1.165, 1.54) is 16.4 Å². The molecule has 0 aromatic heterocycles. The van der Waals surface area contributed by atoms with Crippen LogP contribution in [0.3, 0.4) is 0 Å². The van der Waals surface area contributed by atoms with Crippen molar-refractivity contribution in [1.29, 1.82) is 0 Å². The van der Waals surface area contributed by atoms with Crippen LogP contribution in [0.5, 0.6) is 0 Å². The number of hydrogen-bond donors (Lipinski definition) is 1. The normalized spacial score (nSPS) is 23.6. The van der Waals surface area contributed by atoms with Crippen LogP contribution in [0, 0.1) is 18.2 Å². The molecule has 114 valence electrons. The molecule has 4 nitrogen and oxygen atoms in total. The molecule has 0 spiro atoms. The molecule has 1 aromatic rings. The second kappa shape index (κ2) is 5.97. The summed E-state index contributed by atoms with van der Waals surface area (Å²) in [5.41, 5.74) is 5.93. The SMILES string of the molecule is Cc1ccc(S(=O)(=O)N2CCC(C)(CN)C2)cc1F.Cl. The molecule has 1 aromatic carbocycles. The molecule has 0 bridgehead atoms. The minimum atomic E-state index is -3.62. The first-order valence-corrected chi connectivity index (χ1v) is 7.69.